The molecular formula is C21H27ClFIN4O. The summed E-state index contributed by atoms with van der Waals surface area (Å²) in [5, 5.41) is 7.21. The van der Waals surface area contributed by atoms with Gasteiger partial charge in [0.2, 0.25) is 0 Å². The molecule has 0 amide bonds. The fourth-order valence-electron chi connectivity index (χ4n) is 3.01. The molecule has 1 fully saturated rings. The third kappa shape index (κ3) is 7.31. The van der Waals surface area contributed by atoms with Crippen molar-refractivity contribution in [1.82, 2.24) is 10.6 Å². The molecule has 0 bridgehead atoms. The molecule has 0 aromatic heterocycles. The van der Waals surface area contributed by atoms with Crippen LogP contribution < -0.4 is 15.5 Å². The van der Waals surface area contributed by atoms with Gasteiger partial charge in [0, 0.05) is 31.2 Å². The van der Waals surface area contributed by atoms with E-state index in [0.717, 1.165) is 17.7 Å². The summed E-state index contributed by atoms with van der Waals surface area (Å²) in [5.41, 5.74) is 2.57. The van der Waals surface area contributed by atoms with E-state index >= 15 is 0 Å². The molecule has 0 spiro atoms. The summed E-state index contributed by atoms with van der Waals surface area (Å²) in [6, 6.07) is 13.0. The molecule has 3 rings (SSSR count). The normalized spacial score (nSPS) is 14.3. The number of nitrogens with zero attached hydrogens (tertiary/aromatic N) is 2. The number of rotatable bonds is 6. The van der Waals surface area contributed by atoms with Gasteiger partial charge in [-0.2, -0.15) is 0 Å². The summed E-state index contributed by atoms with van der Waals surface area (Å²) in [6.07, 6.45) is 0. The van der Waals surface area contributed by atoms with Crippen LogP contribution in [0.4, 0.5) is 10.1 Å². The van der Waals surface area contributed by atoms with Crippen LogP contribution in [-0.2, 0) is 17.8 Å². The molecule has 0 radical (unpaired) electrons. The highest BCUT2D eigenvalue weighted by molar-refractivity contribution is 14.0. The van der Waals surface area contributed by atoms with Gasteiger partial charge in [-0.1, -0.05) is 29.8 Å². The van der Waals surface area contributed by atoms with Gasteiger partial charge < -0.3 is 20.3 Å². The zero-order valence-electron chi connectivity index (χ0n) is 16.5. The average Bonchev–Trinajstić information content (AvgIpc) is 2.72. The Labute approximate surface area is 193 Å². The molecule has 0 aliphatic carbocycles. The molecule has 0 saturated carbocycles. The Morgan fingerprint density at radius 3 is 2.45 bits per heavy atom. The molecule has 1 saturated heterocycles. The highest BCUT2D eigenvalue weighted by atomic mass is 127. The van der Waals surface area contributed by atoms with Gasteiger partial charge in [0.15, 0.2) is 5.96 Å². The standard InChI is InChI=1S/C21H26ClFN4O.HI/c1-2-24-21(25-14-16-3-6-18(22)7-4-16)26-15-17-5-8-20(19(23)13-17)27-9-11-28-12-10-27;/h3-8,13H,2,9-12,14-15H2,1H3,(H2,24,25,26);1H. The summed E-state index contributed by atoms with van der Waals surface area (Å²) in [5.74, 6) is 0.476. The second-order valence-corrected chi connectivity index (χ2v) is 7.00. The molecule has 1 heterocycles. The van der Waals surface area contributed by atoms with Crippen LogP contribution in [0, 0.1) is 5.82 Å². The lowest BCUT2D eigenvalue weighted by atomic mass is 10.1. The summed E-state index contributed by atoms with van der Waals surface area (Å²) < 4.78 is 19.9. The minimum atomic E-state index is -0.214. The van der Waals surface area contributed by atoms with Gasteiger partial charge in [0.1, 0.15) is 5.82 Å². The predicted molar refractivity (Wildman–Crippen MR) is 128 cm³/mol. The summed E-state index contributed by atoms with van der Waals surface area (Å²) >= 11 is 5.92. The van der Waals surface area contributed by atoms with Crippen LogP contribution in [0.5, 0.6) is 0 Å². The fourth-order valence-corrected chi connectivity index (χ4v) is 3.14. The van der Waals surface area contributed by atoms with Crippen molar-refractivity contribution < 1.29 is 9.13 Å². The van der Waals surface area contributed by atoms with E-state index in [2.05, 4.69) is 15.6 Å². The Hall–Kier alpha value is -1.58. The van der Waals surface area contributed by atoms with Crippen LogP contribution >= 0.6 is 35.6 Å². The summed E-state index contributed by atoms with van der Waals surface area (Å²) in [7, 11) is 0. The maximum atomic E-state index is 14.5. The van der Waals surface area contributed by atoms with Gasteiger partial charge >= 0.3 is 0 Å². The minimum Gasteiger partial charge on any atom is -0.378 e. The van der Waals surface area contributed by atoms with Crippen LogP contribution in [0.15, 0.2) is 47.5 Å². The third-order valence-corrected chi connectivity index (χ3v) is 4.75. The molecule has 0 unspecified atom stereocenters. The van der Waals surface area contributed by atoms with Gasteiger partial charge in [-0.15, -0.1) is 24.0 Å². The van der Waals surface area contributed by atoms with Crippen LogP contribution in [0.3, 0.4) is 0 Å². The first-order valence-electron chi connectivity index (χ1n) is 9.53. The van der Waals surface area contributed by atoms with Crippen molar-refractivity contribution in [3.63, 3.8) is 0 Å². The number of aliphatic imine (C=N–C) groups is 1. The molecule has 2 aromatic rings. The van der Waals surface area contributed by atoms with E-state index in [4.69, 9.17) is 16.3 Å². The topological polar surface area (TPSA) is 48.9 Å². The maximum absolute atomic E-state index is 14.5. The first-order chi connectivity index (χ1) is 13.7. The van der Waals surface area contributed by atoms with Crippen LogP contribution in [0.1, 0.15) is 18.1 Å². The number of anilines is 1. The van der Waals surface area contributed by atoms with E-state index in [1.165, 1.54) is 0 Å². The third-order valence-electron chi connectivity index (χ3n) is 4.50. The Morgan fingerprint density at radius 1 is 1.10 bits per heavy atom. The van der Waals surface area contributed by atoms with E-state index in [-0.39, 0.29) is 29.8 Å². The Kier molecular flexibility index (Phi) is 9.96. The second kappa shape index (κ2) is 12.2. The van der Waals surface area contributed by atoms with Crippen molar-refractivity contribution in [2.24, 2.45) is 4.99 Å². The molecular weight excluding hydrogens is 506 g/mol. The van der Waals surface area contributed by atoms with Crippen LogP contribution in [0.2, 0.25) is 5.02 Å². The Morgan fingerprint density at radius 2 is 1.79 bits per heavy atom. The van der Waals surface area contributed by atoms with Crippen molar-refractivity contribution in [2.75, 3.05) is 37.7 Å². The number of nitrogens with one attached hydrogen (secondary N) is 2. The first-order valence-corrected chi connectivity index (χ1v) is 9.91. The van der Waals surface area contributed by atoms with Crippen molar-refractivity contribution in [3.05, 3.63) is 64.4 Å². The Bertz CT molecular complexity index is 798. The zero-order valence-corrected chi connectivity index (χ0v) is 19.5. The maximum Gasteiger partial charge on any atom is 0.191 e. The Balaban J connectivity index is 0.00000300. The lowest BCUT2D eigenvalue weighted by Crippen LogP contribution is -2.37. The summed E-state index contributed by atoms with van der Waals surface area (Å²) in [4.78, 5) is 6.59. The second-order valence-electron chi connectivity index (χ2n) is 6.56. The lowest BCUT2D eigenvalue weighted by Gasteiger charge is -2.29. The number of morpholine rings is 1. The fraction of sp³-hybridized carbons (Fsp3) is 0.381. The van der Waals surface area contributed by atoms with Gasteiger partial charge in [-0.05, 0) is 42.3 Å². The quantitative estimate of drug-likeness (QED) is 0.333. The molecule has 0 atom stereocenters. The zero-order chi connectivity index (χ0) is 19.8. The molecule has 8 heteroatoms. The van der Waals surface area contributed by atoms with Crippen LogP contribution in [0.25, 0.3) is 0 Å². The molecule has 158 valence electrons. The lowest BCUT2D eigenvalue weighted by molar-refractivity contribution is 0.122. The number of ether oxygens (including phenoxy) is 1. The molecule has 1 aliphatic rings. The van der Waals surface area contributed by atoms with E-state index in [0.29, 0.717) is 56.1 Å². The number of hydrogen-bond donors (Lipinski definition) is 2. The van der Waals surface area contributed by atoms with Gasteiger partial charge in [0.05, 0.1) is 25.4 Å². The number of guanidine groups is 1. The van der Waals surface area contributed by atoms with Crippen molar-refractivity contribution in [2.45, 2.75) is 20.0 Å². The highest BCUT2D eigenvalue weighted by Gasteiger charge is 2.15. The molecule has 2 N–H and O–H groups in total. The molecule has 5 nitrogen and oxygen atoms in total. The highest BCUT2D eigenvalue weighted by Crippen LogP contribution is 2.22. The molecule has 29 heavy (non-hydrogen) atoms. The molecule has 2 aromatic carbocycles. The monoisotopic (exact) mass is 532 g/mol. The first kappa shape index (κ1) is 23.7. The number of hydrogen-bond acceptors (Lipinski definition) is 3. The number of benzene rings is 2. The molecule has 1 aliphatic heterocycles. The van der Waals surface area contributed by atoms with Gasteiger partial charge in [0.25, 0.3) is 0 Å². The van der Waals surface area contributed by atoms with Crippen molar-refractivity contribution in [1.29, 1.82) is 0 Å². The largest absolute Gasteiger partial charge is 0.378 e. The van der Waals surface area contributed by atoms with Crippen LogP contribution in [-0.4, -0.2) is 38.8 Å². The van der Waals surface area contributed by atoms with E-state index in [1.807, 2.05) is 48.2 Å². The smallest absolute Gasteiger partial charge is 0.191 e. The SMILES string of the molecule is CCNC(=NCc1ccc(N2CCOCC2)c(F)c1)NCc1ccc(Cl)cc1.I. The number of halogens is 3. The van der Waals surface area contributed by atoms with E-state index < -0.39 is 0 Å². The van der Waals surface area contributed by atoms with Gasteiger partial charge in [-0.25, -0.2) is 9.38 Å². The van der Waals surface area contributed by atoms with E-state index in [1.54, 1.807) is 6.07 Å². The van der Waals surface area contributed by atoms with Gasteiger partial charge in [-0.3, -0.25) is 0 Å². The van der Waals surface area contributed by atoms with Crippen molar-refractivity contribution >= 4 is 47.2 Å². The van der Waals surface area contributed by atoms with E-state index in [9.17, 15) is 4.39 Å². The summed E-state index contributed by atoms with van der Waals surface area (Å²) in [6.45, 7) is 6.49. The predicted octanol–water partition coefficient (Wildman–Crippen LogP) is 4.19. The van der Waals surface area contributed by atoms with Crippen molar-refractivity contribution in [3.8, 4) is 0 Å². The average molecular weight is 533 g/mol. The minimum absolute atomic E-state index is 0.